The molecular weight excluding hydrogens is 280 g/mol. The highest BCUT2D eigenvalue weighted by atomic mass is 32.2. The van der Waals surface area contributed by atoms with Gasteiger partial charge in [-0.1, -0.05) is 20.3 Å². The Morgan fingerprint density at radius 1 is 1.30 bits per heavy atom. The van der Waals surface area contributed by atoms with Crippen molar-refractivity contribution in [3.8, 4) is 0 Å². The summed E-state index contributed by atoms with van der Waals surface area (Å²) in [6.07, 6.45) is 2.99. The first-order valence-corrected chi connectivity index (χ1v) is 8.67. The molecule has 7 heteroatoms. The summed E-state index contributed by atoms with van der Waals surface area (Å²) in [5, 5.41) is 9.23. The van der Waals surface area contributed by atoms with Crippen LogP contribution in [-0.2, 0) is 15.0 Å². The van der Waals surface area contributed by atoms with Crippen LogP contribution in [0.4, 0.5) is 0 Å². The van der Waals surface area contributed by atoms with Crippen molar-refractivity contribution in [1.82, 2.24) is 9.03 Å². The van der Waals surface area contributed by atoms with Gasteiger partial charge in [-0.3, -0.25) is 4.79 Å². The van der Waals surface area contributed by atoms with Crippen molar-refractivity contribution in [2.24, 2.45) is 17.3 Å². The van der Waals surface area contributed by atoms with E-state index in [1.54, 1.807) is 0 Å². The van der Waals surface area contributed by atoms with Crippen molar-refractivity contribution in [2.45, 2.75) is 39.5 Å². The second-order valence-corrected chi connectivity index (χ2v) is 8.28. The van der Waals surface area contributed by atoms with Gasteiger partial charge in [-0.2, -0.15) is 12.7 Å². The molecule has 6 nitrogen and oxygen atoms in total. The maximum absolute atomic E-state index is 12.3. The van der Waals surface area contributed by atoms with Crippen molar-refractivity contribution in [3.63, 3.8) is 0 Å². The molecule has 1 aliphatic heterocycles. The van der Waals surface area contributed by atoms with Crippen LogP contribution < -0.4 is 4.72 Å². The maximum Gasteiger partial charge on any atom is 0.310 e. The number of hydrogen-bond acceptors (Lipinski definition) is 3. The van der Waals surface area contributed by atoms with Crippen LogP contribution in [0.2, 0.25) is 0 Å². The Labute approximate surface area is 120 Å². The molecule has 0 radical (unpaired) electrons. The molecule has 0 amide bonds. The van der Waals surface area contributed by atoms with Crippen molar-refractivity contribution in [3.05, 3.63) is 0 Å². The van der Waals surface area contributed by atoms with E-state index in [0.717, 1.165) is 12.8 Å². The average Bonchev–Trinajstić information content (AvgIpc) is 2.25. The fourth-order valence-corrected chi connectivity index (χ4v) is 4.74. The van der Waals surface area contributed by atoms with Gasteiger partial charge in [-0.15, -0.1) is 0 Å². The molecule has 0 aromatic rings. The van der Waals surface area contributed by atoms with E-state index < -0.39 is 21.6 Å². The lowest BCUT2D eigenvalue weighted by Gasteiger charge is -2.39. The van der Waals surface area contributed by atoms with E-state index in [9.17, 15) is 18.3 Å². The van der Waals surface area contributed by atoms with E-state index in [0.29, 0.717) is 37.8 Å². The smallest absolute Gasteiger partial charge is 0.310 e. The zero-order chi connectivity index (χ0) is 15.0. The van der Waals surface area contributed by atoms with Crippen LogP contribution in [0.1, 0.15) is 39.5 Å². The first-order chi connectivity index (χ1) is 9.25. The van der Waals surface area contributed by atoms with Gasteiger partial charge in [0, 0.05) is 19.6 Å². The second-order valence-electron chi connectivity index (χ2n) is 6.53. The first-order valence-electron chi connectivity index (χ1n) is 7.23. The summed E-state index contributed by atoms with van der Waals surface area (Å²) in [5.74, 6) is -0.216. The Balaban J connectivity index is 1.99. The monoisotopic (exact) mass is 304 g/mol. The van der Waals surface area contributed by atoms with Gasteiger partial charge in [-0.05, 0) is 31.1 Å². The Hall–Kier alpha value is -0.660. The lowest BCUT2D eigenvalue weighted by atomic mass is 9.69. The quantitative estimate of drug-likeness (QED) is 0.795. The molecule has 2 atom stereocenters. The van der Waals surface area contributed by atoms with E-state index >= 15 is 0 Å². The first kappa shape index (κ1) is 15.7. The molecule has 2 fully saturated rings. The minimum atomic E-state index is -3.57. The number of carbonyl (C=O) groups is 1. The van der Waals surface area contributed by atoms with Crippen LogP contribution in [0.25, 0.3) is 0 Å². The van der Waals surface area contributed by atoms with Crippen molar-refractivity contribution in [2.75, 3.05) is 19.6 Å². The van der Waals surface area contributed by atoms with E-state index in [1.807, 2.05) is 13.8 Å². The fourth-order valence-electron chi connectivity index (χ4n) is 3.19. The van der Waals surface area contributed by atoms with E-state index in [-0.39, 0.29) is 6.54 Å². The summed E-state index contributed by atoms with van der Waals surface area (Å²) in [5.41, 5.74) is -0.889. The lowest BCUT2D eigenvalue weighted by molar-refractivity contribution is -0.153. The van der Waals surface area contributed by atoms with Crippen molar-refractivity contribution in [1.29, 1.82) is 0 Å². The number of carboxylic acid groups (broad SMARTS) is 1. The van der Waals surface area contributed by atoms with Crippen LogP contribution in [-0.4, -0.2) is 43.4 Å². The minimum Gasteiger partial charge on any atom is -0.481 e. The Kier molecular flexibility index (Phi) is 4.41. The Morgan fingerprint density at radius 3 is 2.25 bits per heavy atom. The number of aliphatic carboxylic acids is 1. The van der Waals surface area contributed by atoms with Gasteiger partial charge in [-0.25, -0.2) is 4.72 Å². The van der Waals surface area contributed by atoms with Gasteiger partial charge >= 0.3 is 5.97 Å². The van der Waals surface area contributed by atoms with Crippen LogP contribution >= 0.6 is 0 Å². The molecule has 2 rings (SSSR count). The number of nitrogens with zero attached hydrogens (tertiary/aromatic N) is 1. The molecule has 20 heavy (non-hydrogen) atoms. The SMILES string of the molecule is CC1CC(C)CN(S(=O)(=O)NCC2(C(=O)O)CCC2)C1. The molecule has 1 aliphatic carbocycles. The molecule has 1 saturated heterocycles. The minimum absolute atomic E-state index is 0.00390. The molecule has 0 aromatic heterocycles. The fraction of sp³-hybridized carbons (Fsp3) is 0.923. The molecule has 2 N–H and O–H groups in total. The standard InChI is InChI=1S/C13H24N2O4S/c1-10-6-11(2)8-15(7-10)20(18,19)14-9-13(12(16)17)4-3-5-13/h10-11,14H,3-9H2,1-2H3,(H,16,17). The molecule has 1 saturated carbocycles. The highest BCUT2D eigenvalue weighted by molar-refractivity contribution is 7.87. The van der Waals surface area contributed by atoms with Crippen LogP contribution in [0.15, 0.2) is 0 Å². The predicted octanol–water partition coefficient (Wildman–Crippen LogP) is 1.05. The summed E-state index contributed by atoms with van der Waals surface area (Å²) in [7, 11) is -3.57. The molecule has 0 bridgehead atoms. The summed E-state index contributed by atoms with van der Waals surface area (Å²) < 4.78 is 28.6. The zero-order valence-corrected chi connectivity index (χ0v) is 12.9. The highest BCUT2D eigenvalue weighted by Gasteiger charge is 2.45. The third-order valence-electron chi connectivity index (χ3n) is 4.53. The Bertz CT molecular complexity index is 463. The van der Waals surface area contributed by atoms with Gasteiger partial charge < -0.3 is 5.11 Å². The van der Waals surface area contributed by atoms with E-state index in [2.05, 4.69) is 4.72 Å². The molecule has 0 aromatic carbocycles. The summed E-state index contributed by atoms with van der Waals surface area (Å²) in [4.78, 5) is 11.3. The van der Waals surface area contributed by atoms with Gasteiger partial charge in [0.15, 0.2) is 0 Å². The average molecular weight is 304 g/mol. The molecular formula is C13H24N2O4S. The molecule has 116 valence electrons. The van der Waals surface area contributed by atoms with Crippen LogP contribution in [0.5, 0.6) is 0 Å². The summed E-state index contributed by atoms with van der Waals surface area (Å²) >= 11 is 0. The van der Waals surface area contributed by atoms with Gasteiger partial charge in [0.2, 0.25) is 0 Å². The van der Waals surface area contributed by atoms with Crippen LogP contribution in [0.3, 0.4) is 0 Å². The van der Waals surface area contributed by atoms with Crippen molar-refractivity contribution >= 4 is 16.2 Å². The number of piperidine rings is 1. The molecule has 2 aliphatic rings. The maximum atomic E-state index is 12.3. The number of hydrogen-bond donors (Lipinski definition) is 2. The third kappa shape index (κ3) is 3.15. The zero-order valence-electron chi connectivity index (χ0n) is 12.1. The lowest BCUT2D eigenvalue weighted by Crippen LogP contribution is -2.53. The molecule has 2 unspecified atom stereocenters. The predicted molar refractivity (Wildman–Crippen MR) is 75.4 cm³/mol. The Morgan fingerprint density at radius 2 is 1.85 bits per heavy atom. The number of nitrogens with one attached hydrogen (secondary N) is 1. The summed E-state index contributed by atoms with van der Waals surface area (Å²) in [6.45, 7) is 5.12. The second kappa shape index (κ2) is 5.61. The number of carboxylic acids is 1. The van der Waals surface area contributed by atoms with Gasteiger partial charge in [0.25, 0.3) is 10.2 Å². The van der Waals surface area contributed by atoms with Gasteiger partial charge in [0.05, 0.1) is 5.41 Å². The largest absolute Gasteiger partial charge is 0.481 e. The van der Waals surface area contributed by atoms with Gasteiger partial charge in [0.1, 0.15) is 0 Å². The topological polar surface area (TPSA) is 86.7 Å². The van der Waals surface area contributed by atoms with Crippen LogP contribution in [0, 0.1) is 17.3 Å². The third-order valence-corrected chi connectivity index (χ3v) is 6.02. The highest BCUT2D eigenvalue weighted by Crippen LogP contribution is 2.40. The van der Waals surface area contributed by atoms with E-state index in [1.165, 1.54) is 4.31 Å². The van der Waals surface area contributed by atoms with Crippen molar-refractivity contribution < 1.29 is 18.3 Å². The summed E-state index contributed by atoms with van der Waals surface area (Å²) in [6, 6.07) is 0. The number of rotatable bonds is 5. The molecule has 0 spiro atoms. The molecule has 1 heterocycles. The normalized spacial score (nSPS) is 30.7. The van der Waals surface area contributed by atoms with E-state index in [4.69, 9.17) is 0 Å².